The Balaban J connectivity index is 1.89. The number of carboxylic acid groups (broad SMARTS) is 1. The highest BCUT2D eigenvalue weighted by atomic mass is 16.4. The number of carbonyl (C=O) groups is 2. The molecule has 0 unspecified atom stereocenters. The number of hydrogen-bond donors (Lipinski definition) is 2. The van der Waals surface area contributed by atoms with Crippen molar-refractivity contribution >= 4 is 11.9 Å². The Morgan fingerprint density at radius 2 is 1.73 bits per heavy atom. The van der Waals surface area contributed by atoms with Crippen molar-refractivity contribution in [3.8, 4) is 0 Å². The highest BCUT2D eigenvalue weighted by Gasteiger charge is 2.52. The van der Waals surface area contributed by atoms with Gasteiger partial charge in [0.2, 0.25) is 5.91 Å². The molecule has 0 bridgehead atoms. The van der Waals surface area contributed by atoms with E-state index in [1.807, 2.05) is 0 Å². The maximum absolute atomic E-state index is 11.8. The summed E-state index contributed by atoms with van der Waals surface area (Å²) >= 11 is 0. The van der Waals surface area contributed by atoms with Crippen LogP contribution in [-0.2, 0) is 9.59 Å². The van der Waals surface area contributed by atoms with E-state index in [-0.39, 0.29) is 11.8 Å². The molecule has 0 aromatic heterocycles. The molecule has 0 spiro atoms. The van der Waals surface area contributed by atoms with E-state index in [1.54, 1.807) is 0 Å². The number of amides is 1. The molecule has 15 heavy (non-hydrogen) atoms. The summed E-state index contributed by atoms with van der Waals surface area (Å²) in [6.07, 6.45) is 6.40. The minimum Gasteiger partial charge on any atom is -0.480 e. The quantitative estimate of drug-likeness (QED) is 0.739. The van der Waals surface area contributed by atoms with Gasteiger partial charge in [-0.3, -0.25) is 4.79 Å². The van der Waals surface area contributed by atoms with Crippen LogP contribution in [0.15, 0.2) is 0 Å². The lowest BCUT2D eigenvalue weighted by atomic mass is 9.88. The van der Waals surface area contributed by atoms with Crippen LogP contribution in [0.3, 0.4) is 0 Å². The Hall–Kier alpha value is -1.06. The Morgan fingerprint density at radius 3 is 2.20 bits per heavy atom. The number of aliphatic carboxylic acids is 1. The molecular weight excluding hydrogens is 194 g/mol. The summed E-state index contributed by atoms with van der Waals surface area (Å²) in [7, 11) is 0. The summed E-state index contributed by atoms with van der Waals surface area (Å²) in [5, 5.41) is 11.6. The predicted molar refractivity (Wildman–Crippen MR) is 54.3 cm³/mol. The third-order valence-corrected chi connectivity index (χ3v) is 3.50. The van der Waals surface area contributed by atoms with Crippen molar-refractivity contribution in [2.45, 2.75) is 50.5 Å². The molecule has 2 saturated carbocycles. The summed E-state index contributed by atoms with van der Waals surface area (Å²) in [5.74, 6) is -0.878. The van der Waals surface area contributed by atoms with Crippen LogP contribution in [0.1, 0.15) is 44.9 Å². The van der Waals surface area contributed by atoms with E-state index in [9.17, 15) is 9.59 Å². The highest BCUT2D eigenvalue weighted by Crippen LogP contribution is 2.36. The Labute approximate surface area is 89.0 Å². The third-order valence-electron chi connectivity index (χ3n) is 3.50. The molecule has 2 rings (SSSR count). The van der Waals surface area contributed by atoms with Crippen molar-refractivity contribution in [1.82, 2.24) is 5.32 Å². The average molecular weight is 211 g/mol. The highest BCUT2D eigenvalue weighted by molar-refractivity contribution is 5.90. The Bertz CT molecular complexity index is 278. The van der Waals surface area contributed by atoms with Gasteiger partial charge >= 0.3 is 5.97 Å². The minimum absolute atomic E-state index is 0.0467. The maximum atomic E-state index is 11.8. The average Bonchev–Trinajstić information content (AvgIpc) is 3.00. The van der Waals surface area contributed by atoms with E-state index in [0.717, 1.165) is 25.7 Å². The second-order valence-electron chi connectivity index (χ2n) is 4.71. The smallest absolute Gasteiger partial charge is 0.329 e. The molecule has 2 N–H and O–H groups in total. The minimum atomic E-state index is -0.908. The van der Waals surface area contributed by atoms with E-state index in [1.165, 1.54) is 6.42 Å². The van der Waals surface area contributed by atoms with Crippen LogP contribution >= 0.6 is 0 Å². The van der Waals surface area contributed by atoms with Crippen LogP contribution in [0.2, 0.25) is 0 Å². The van der Waals surface area contributed by atoms with Gasteiger partial charge in [0.25, 0.3) is 0 Å². The molecule has 1 amide bonds. The van der Waals surface area contributed by atoms with Crippen LogP contribution in [-0.4, -0.2) is 22.5 Å². The van der Waals surface area contributed by atoms with Crippen molar-refractivity contribution < 1.29 is 14.7 Å². The van der Waals surface area contributed by atoms with Crippen molar-refractivity contribution in [2.24, 2.45) is 5.92 Å². The first-order valence-corrected chi connectivity index (χ1v) is 5.69. The van der Waals surface area contributed by atoms with Crippen LogP contribution in [0, 0.1) is 5.92 Å². The first-order valence-electron chi connectivity index (χ1n) is 5.69. The standard InChI is InChI=1S/C11H17NO3/c13-9(8-4-2-1-3-5-8)12-11(6-7-11)10(14)15/h8H,1-7H2,(H,12,13)(H,14,15). The fraction of sp³-hybridized carbons (Fsp3) is 0.818. The van der Waals surface area contributed by atoms with E-state index in [4.69, 9.17) is 5.11 Å². The Kier molecular flexibility index (Phi) is 2.67. The van der Waals surface area contributed by atoms with Crippen LogP contribution in [0.5, 0.6) is 0 Å². The fourth-order valence-electron chi connectivity index (χ4n) is 2.22. The number of hydrogen-bond acceptors (Lipinski definition) is 2. The van der Waals surface area contributed by atoms with Crippen molar-refractivity contribution in [2.75, 3.05) is 0 Å². The normalized spacial score (nSPS) is 24.5. The van der Waals surface area contributed by atoms with Gasteiger partial charge in [0, 0.05) is 5.92 Å². The second kappa shape index (κ2) is 3.83. The van der Waals surface area contributed by atoms with Gasteiger partial charge in [0.05, 0.1) is 0 Å². The molecule has 0 aliphatic heterocycles. The van der Waals surface area contributed by atoms with Gasteiger partial charge in [-0.05, 0) is 25.7 Å². The summed E-state index contributed by atoms with van der Waals surface area (Å²) in [6.45, 7) is 0. The molecule has 0 atom stereocenters. The van der Waals surface area contributed by atoms with Gasteiger partial charge < -0.3 is 10.4 Å². The van der Waals surface area contributed by atoms with Crippen molar-refractivity contribution in [3.05, 3.63) is 0 Å². The van der Waals surface area contributed by atoms with Crippen molar-refractivity contribution in [3.63, 3.8) is 0 Å². The van der Waals surface area contributed by atoms with E-state index in [2.05, 4.69) is 5.32 Å². The number of carboxylic acids is 1. The predicted octanol–water partition coefficient (Wildman–Crippen LogP) is 1.30. The van der Waals surface area contributed by atoms with E-state index >= 15 is 0 Å². The molecule has 2 fully saturated rings. The topological polar surface area (TPSA) is 66.4 Å². The molecular formula is C11H17NO3. The molecule has 0 aromatic carbocycles. The number of rotatable bonds is 3. The molecule has 4 nitrogen and oxygen atoms in total. The lowest BCUT2D eigenvalue weighted by molar-refractivity contribution is -0.144. The lowest BCUT2D eigenvalue weighted by Gasteiger charge is -2.22. The Morgan fingerprint density at radius 1 is 1.13 bits per heavy atom. The van der Waals surface area contributed by atoms with Gasteiger partial charge in [-0.1, -0.05) is 19.3 Å². The lowest BCUT2D eigenvalue weighted by Crippen LogP contribution is -2.46. The van der Waals surface area contributed by atoms with Gasteiger partial charge in [0.1, 0.15) is 5.54 Å². The first-order chi connectivity index (χ1) is 7.14. The van der Waals surface area contributed by atoms with Crippen LogP contribution < -0.4 is 5.32 Å². The molecule has 0 saturated heterocycles. The van der Waals surface area contributed by atoms with Crippen LogP contribution in [0.4, 0.5) is 0 Å². The number of carbonyl (C=O) groups excluding carboxylic acids is 1. The zero-order chi connectivity index (χ0) is 10.9. The number of nitrogens with one attached hydrogen (secondary N) is 1. The largest absolute Gasteiger partial charge is 0.480 e. The first kappa shape index (κ1) is 10.5. The zero-order valence-electron chi connectivity index (χ0n) is 8.79. The monoisotopic (exact) mass is 211 g/mol. The van der Waals surface area contributed by atoms with Crippen LogP contribution in [0.25, 0.3) is 0 Å². The van der Waals surface area contributed by atoms with Crippen molar-refractivity contribution in [1.29, 1.82) is 0 Å². The molecule has 2 aliphatic rings. The molecule has 2 aliphatic carbocycles. The fourth-order valence-corrected chi connectivity index (χ4v) is 2.22. The van der Waals surface area contributed by atoms with Gasteiger partial charge in [-0.15, -0.1) is 0 Å². The summed E-state index contributed by atoms with van der Waals surface area (Å²) in [5.41, 5.74) is -0.908. The zero-order valence-corrected chi connectivity index (χ0v) is 8.79. The third kappa shape index (κ3) is 2.13. The van der Waals surface area contributed by atoms with E-state index in [0.29, 0.717) is 12.8 Å². The summed E-state index contributed by atoms with van der Waals surface area (Å²) in [6, 6.07) is 0. The maximum Gasteiger partial charge on any atom is 0.329 e. The molecule has 0 heterocycles. The molecule has 0 aromatic rings. The second-order valence-corrected chi connectivity index (χ2v) is 4.71. The molecule has 0 radical (unpaired) electrons. The SMILES string of the molecule is O=C(NC1(C(=O)O)CC1)C1CCCCC1. The van der Waals surface area contributed by atoms with Gasteiger partial charge in [-0.25, -0.2) is 4.79 Å². The molecule has 4 heteroatoms. The van der Waals surface area contributed by atoms with Gasteiger partial charge in [-0.2, -0.15) is 0 Å². The summed E-state index contributed by atoms with van der Waals surface area (Å²) < 4.78 is 0. The summed E-state index contributed by atoms with van der Waals surface area (Å²) in [4.78, 5) is 22.7. The van der Waals surface area contributed by atoms with E-state index < -0.39 is 11.5 Å². The van der Waals surface area contributed by atoms with Gasteiger partial charge in [0.15, 0.2) is 0 Å². The molecule has 84 valence electrons.